The summed E-state index contributed by atoms with van der Waals surface area (Å²) in [5, 5.41) is 4.14. The molecule has 0 aromatic heterocycles. The quantitative estimate of drug-likeness (QED) is 0.778. The SMILES string of the molecule is Cc1ccc(Cl)c2c1NC(=O)C2=Nc1ccc(Cl)cc1Cl. The summed E-state index contributed by atoms with van der Waals surface area (Å²) < 4.78 is 0. The van der Waals surface area contributed by atoms with E-state index in [1.807, 2.05) is 13.0 Å². The monoisotopic (exact) mass is 338 g/mol. The topological polar surface area (TPSA) is 41.5 Å². The summed E-state index contributed by atoms with van der Waals surface area (Å²) in [6.07, 6.45) is 0. The predicted octanol–water partition coefficient (Wildman–Crippen LogP) is 5.03. The van der Waals surface area contributed by atoms with Crippen molar-refractivity contribution in [3.63, 3.8) is 0 Å². The lowest BCUT2D eigenvalue weighted by Crippen LogP contribution is -2.14. The van der Waals surface area contributed by atoms with Gasteiger partial charge in [-0.3, -0.25) is 4.79 Å². The summed E-state index contributed by atoms with van der Waals surface area (Å²) in [5.41, 5.74) is 2.94. The summed E-state index contributed by atoms with van der Waals surface area (Å²) in [6.45, 7) is 1.90. The fraction of sp³-hybridized carbons (Fsp3) is 0.0667. The number of hydrogen-bond acceptors (Lipinski definition) is 2. The van der Waals surface area contributed by atoms with Crippen molar-refractivity contribution in [1.82, 2.24) is 0 Å². The summed E-state index contributed by atoms with van der Waals surface area (Å²) in [4.78, 5) is 16.5. The van der Waals surface area contributed by atoms with Gasteiger partial charge in [0.1, 0.15) is 5.71 Å². The minimum atomic E-state index is -0.299. The van der Waals surface area contributed by atoms with E-state index < -0.39 is 0 Å². The maximum absolute atomic E-state index is 12.1. The molecule has 1 heterocycles. The number of amides is 1. The standard InChI is InChI=1S/C15H9Cl3N2O/c1-7-2-4-9(17)12-13(7)20-15(21)14(12)19-11-5-3-8(16)6-10(11)18/h2-6H,1H3,(H,19,20,21). The molecule has 21 heavy (non-hydrogen) atoms. The van der Waals surface area contributed by atoms with Crippen LogP contribution in [0.5, 0.6) is 0 Å². The third-order valence-electron chi connectivity index (χ3n) is 3.20. The molecule has 3 nitrogen and oxygen atoms in total. The lowest BCUT2D eigenvalue weighted by atomic mass is 10.1. The van der Waals surface area contributed by atoms with Gasteiger partial charge in [-0.1, -0.05) is 40.9 Å². The first-order valence-electron chi connectivity index (χ1n) is 6.12. The Hall–Kier alpha value is -1.55. The number of rotatable bonds is 1. The van der Waals surface area contributed by atoms with Crippen molar-refractivity contribution in [2.75, 3.05) is 5.32 Å². The molecule has 0 aliphatic carbocycles. The Morgan fingerprint density at radius 2 is 1.81 bits per heavy atom. The van der Waals surface area contributed by atoms with Gasteiger partial charge in [0.25, 0.3) is 5.91 Å². The second-order valence-corrected chi connectivity index (χ2v) is 5.88. The van der Waals surface area contributed by atoms with Gasteiger partial charge in [0.2, 0.25) is 0 Å². The first-order chi connectivity index (χ1) is 9.97. The van der Waals surface area contributed by atoms with Gasteiger partial charge in [0.15, 0.2) is 0 Å². The molecule has 1 N–H and O–H groups in total. The van der Waals surface area contributed by atoms with E-state index in [1.165, 1.54) is 0 Å². The van der Waals surface area contributed by atoms with E-state index in [9.17, 15) is 4.79 Å². The van der Waals surface area contributed by atoms with E-state index in [0.717, 1.165) is 5.56 Å². The molecule has 0 spiro atoms. The first kappa shape index (κ1) is 14.4. The van der Waals surface area contributed by atoms with Crippen LogP contribution in [0.1, 0.15) is 11.1 Å². The average molecular weight is 340 g/mol. The van der Waals surface area contributed by atoms with E-state index in [0.29, 0.717) is 32.0 Å². The number of aliphatic imine (C=N–C) groups is 1. The Kier molecular flexibility index (Phi) is 3.66. The van der Waals surface area contributed by atoms with Crippen molar-refractivity contribution >= 4 is 57.8 Å². The fourth-order valence-electron chi connectivity index (χ4n) is 2.16. The molecule has 0 radical (unpaired) electrons. The molecular formula is C15H9Cl3N2O. The number of hydrogen-bond donors (Lipinski definition) is 1. The van der Waals surface area contributed by atoms with E-state index in [2.05, 4.69) is 10.3 Å². The maximum Gasteiger partial charge on any atom is 0.275 e. The predicted molar refractivity (Wildman–Crippen MR) is 87.5 cm³/mol. The van der Waals surface area contributed by atoms with Crippen LogP contribution in [0.3, 0.4) is 0 Å². The van der Waals surface area contributed by atoms with Crippen LogP contribution < -0.4 is 5.32 Å². The van der Waals surface area contributed by atoms with Crippen LogP contribution in [0, 0.1) is 6.92 Å². The van der Waals surface area contributed by atoms with Crippen LogP contribution >= 0.6 is 34.8 Å². The van der Waals surface area contributed by atoms with Gasteiger partial charge in [-0.25, -0.2) is 4.99 Å². The lowest BCUT2D eigenvalue weighted by Gasteiger charge is -2.05. The molecule has 1 aliphatic heterocycles. The number of fused-ring (bicyclic) bond motifs is 1. The van der Waals surface area contributed by atoms with Gasteiger partial charge in [-0.15, -0.1) is 0 Å². The number of nitrogens with one attached hydrogen (secondary N) is 1. The molecular weight excluding hydrogens is 331 g/mol. The van der Waals surface area contributed by atoms with Crippen molar-refractivity contribution in [2.24, 2.45) is 4.99 Å². The molecule has 1 amide bonds. The zero-order valence-electron chi connectivity index (χ0n) is 10.9. The summed E-state index contributed by atoms with van der Waals surface area (Å²) in [5.74, 6) is -0.299. The molecule has 1 aliphatic rings. The molecule has 0 fully saturated rings. The van der Waals surface area contributed by atoms with Gasteiger partial charge in [0.05, 0.1) is 21.4 Å². The van der Waals surface area contributed by atoms with Crippen LogP contribution in [0.4, 0.5) is 11.4 Å². The lowest BCUT2D eigenvalue weighted by molar-refractivity contribution is -0.110. The van der Waals surface area contributed by atoms with Crippen molar-refractivity contribution in [3.05, 3.63) is 56.5 Å². The van der Waals surface area contributed by atoms with E-state index in [-0.39, 0.29) is 11.6 Å². The summed E-state index contributed by atoms with van der Waals surface area (Å²) >= 11 is 18.2. The summed E-state index contributed by atoms with van der Waals surface area (Å²) in [6, 6.07) is 8.49. The highest BCUT2D eigenvalue weighted by Gasteiger charge is 2.29. The number of anilines is 1. The minimum Gasteiger partial charge on any atom is -0.320 e. The van der Waals surface area contributed by atoms with E-state index in [4.69, 9.17) is 34.8 Å². The van der Waals surface area contributed by atoms with Crippen LogP contribution in [0.2, 0.25) is 15.1 Å². The Bertz CT molecular complexity index is 800. The molecule has 0 bridgehead atoms. The van der Waals surface area contributed by atoms with Crippen molar-refractivity contribution < 1.29 is 4.79 Å². The number of carbonyl (C=O) groups is 1. The molecule has 3 rings (SSSR count). The number of aryl methyl sites for hydroxylation is 1. The number of nitrogens with zero attached hydrogens (tertiary/aromatic N) is 1. The molecule has 6 heteroatoms. The first-order valence-corrected chi connectivity index (χ1v) is 7.25. The molecule has 0 unspecified atom stereocenters. The second-order valence-electron chi connectivity index (χ2n) is 4.62. The average Bonchev–Trinajstić information content (AvgIpc) is 2.76. The molecule has 2 aromatic carbocycles. The van der Waals surface area contributed by atoms with Crippen LogP contribution in [-0.4, -0.2) is 11.6 Å². The molecule has 2 aromatic rings. The van der Waals surface area contributed by atoms with Gasteiger partial charge >= 0.3 is 0 Å². The van der Waals surface area contributed by atoms with Gasteiger partial charge < -0.3 is 5.32 Å². The number of carbonyl (C=O) groups excluding carboxylic acids is 1. The van der Waals surface area contributed by atoms with Crippen LogP contribution in [0.15, 0.2) is 35.3 Å². The second kappa shape index (κ2) is 5.34. The Morgan fingerprint density at radius 1 is 1.05 bits per heavy atom. The Labute approximate surface area is 136 Å². The zero-order valence-corrected chi connectivity index (χ0v) is 13.1. The third-order valence-corrected chi connectivity index (χ3v) is 4.05. The highest BCUT2D eigenvalue weighted by Crippen LogP contribution is 2.36. The number of halogens is 3. The highest BCUT2D eigenvalue weighted by molar-refractivity contribution is 6.57. The molecule has 0 atom stereocenters. The van der Waals surface area contributed by atoms with Crippen molar-refractivity contribution in [3.8, 4) is 0 Å². The normalized spacial score (nSPS) is 15.2. The highest BCUT2D eigenvalue weighted by atomic mass is 35.5. The van der Waals surface area contributed by atoms with Crippen molar-refractivity contribution in [1.29, 1.82) is 0 Å². The van der Waals surface area contributed by atoms with Crippen LogP contribution in [-0.2, 0) is 4.79 Å². The van der Waals surface area contributed by atoms with Gasteiger partial charge in [-0.2, -0.15) is 0 Å². The smallest absolute Gasteiger partial charge is 0.275 e. The molecule has 0 saturated carbocycles. The minimum absolute atomic E-state index is 0.253. The number of benzene rings is 2. The molecule has 0 saturated heterocycles. The van der Waals surface area contributed by atoms with Gasteiger partial charge in [0, 0.05) is 10.6 Å². The van der Waals surface area contributed by atoms with E-state index >= 15 is 0 Å². The van der Waals surface area contributed by atoms with E-state index in [1.54, 1.807) is 24.3 Å². The third kappa shape index (κ3) is 2.53. The summed E-state index contributed by atoms with van der Waals surface area (Å²) in [7, 11) is 0. The largest absolute Gasteiger partial charge is 0.320 e. The molecule has 106 valence electrons. The van der Waals surface area contributed by atoms with Crippen molar-refractivity contribution in [2.45, 2.75) is 6.92 Å². The fourth-order valence-corrected chi connectivity index (χ4v) is 2.86. The maximum atomic E-state index is 12.1. The Balaban J connectivity index is 2.19. The zero-order chi connectivity index (χ0) is 15.1. The van der Waals surface area contributed by atoms with Gasteiger partial charge in [-0.05, 0) is 36.8 Å². The Morgan fingerprint density at radius 3 is 2.52 bits per heavy atom. The van der Waals surface area contributed by atoms with Crippen LogP contribution in [0.25, 0.3) is 0 Å².